The first-order valence-electron chi connectivity index (χ1n) is 5.80. The van der Waals surface area contributed by atoms with Crippen LogP contribution in [0.1, 0.15) is 21.5 Å². The van der Waals surface area contributed by atoms with Gasteiger partial charge in [0.1, 0.15) is 18.6 Å². The lowest BCUT2D eigenvalue weighted by atomic mass is 10.1. The van der Waals surface area contributed by atoms with Crippen molar-refractivity contribution in [1.82, 2.24) is 0 Å². The molecule has 106 valence electrons. The van der Waals surface area contributed by atoms with E-state index in [9.17, 15) is 4.79 Å². The molecule has 2 aromatic carbocycles. The third-order valence-electron chi connectivity index (χ3n) is 2.71. The molecular formula is C15H8Br2ClNO2. The Kier molecular flexibility index (Phi) is 5.40. The largest absolute Gasteiger partial charge is 0.486 e. The maximum Gasteiger partial charge on any atom is 0.150 e. The molecule has 2 aromatic rings. The highest BCUT2D eigenvalue weighted by Crippen LogP contribution is 2.35. The number of carbonyl (C=O) groups is 1. The molecule has 21 heavy (non-hydrogen) atoms. The van der Waals surface area contributed by atoms with Crippen molar-refractivity contribution in [2.75, 3.05) is 0 Å². The highest BCUT2D eigenvalue weighted by Gasteiger charge is 2.10. The van der Waals surface area contributed by atoms with E-state index >= 15 is 0 Å². The Balaban J connectivity index is 2.21. The predicted octanol–water partition coefficient (Wildman–Crippen LogP) is 5.13. The van der Waals surface area contributed by atoms with Crippen molar-refractivity contribution in [2.24, 2.45) is 0 Å². The number of hydrogen-bond acceptors (Lipinski definition) is 3. The van der Waals surface area contributed by atoms with Crippen LogP contribution < -0.4 is 4.74 Å². The summed E-state index contributed by atoms with van der Waals surface area (Å²) in [5.74, 6) is 0.584. The zero-order valence-electron chi connectivity index (χ0n) is 10.6. The molecule has 0 aliphatic carbocycles. The zero-order chi connectivity index (χ0) is 15.4. The fourth-order valence-corrected chi connectivity index (χ4v) is 3.36. The van der Waals surface area contributed by atoms with E-state index in [0.717, 1.165) is 11.8 Å². The van der Waals surface area contributed by atoms with Crippen molar-refractivity contribution in [3.05, 3.63) is 61.0 Å². The molecule has 6 heteroatoms. The lowest BCUT2D eigenvalue weighted by molar-refractivity contribution is 0.112. The molecule has 0 spiro atoms. The Morgan fingerprint density at radius 2 is 1.90 bits per heavy atom. The van der Waals surface area contributed by atoms with E-state index in [1.807, 2.05) is 6.07 Å². The maximum atomic E-state index is 10.8. The van der Waals surface area contributed by atoms with Gasteiger partial charge in [0.05, 0.1) is 20.6 Å². The van der Waals surface area contributed by atoms with Crippen molar-refractivity contribution in [3.63, 3.8) is 0 Å². The summed E-state index contributed by atoms with van der Waals surface area (Å²) in [4.78, 5) is 10.8. The number of benzene rings is 2. The highest BCUT2D eigenvalue weighted by atomic mass is 79.9. The van der Waals surface area contributed by atoms with Crippen molar-refractivity contribution >= 4 is 49.7 Å². The maximum absolute atomic E-state index is 10.8. The molecule has 0 heterocycles. The topological polar surface area (TPSA) is 50.1 Å². The third-order valence-corrected chi connectivity index (χ3v) is 4.24. The Morgan fingerprint density at radius 3 is 2.43 bits per heavy atom. The summed E-state index contributed by atoms with van der Waals surface area (Å²) in [7, 11) is 0. The molecular weight excluding hydrogens is 421 g/mol. The third kappa shape index (κ3) is 3.85. The molecule has 2 rings (SSSR count). The summed E-state index contributed by atoms with van der Waals surface area (Å²) in [6, 6.07) is 10.4. The Morgan fingerprint density at radius 1 is 1.24 bits per heavy atom. The van der Waals surface area contributed by atoms with E-state index in [4.69, 9.17) is 21.6 Å². The molecule has 0 aliphatic rings. The molecule has 0 N–H and O–H groups in total. The van der Waals surface area contributed by atoms with E-state index in [-0.39, 0.29) is 6.61 Å². The summed E-state index contributed by atoms with van der Waals surface area (Å²) < 4.78 is 7.07. The van der Waals surface area contributed by atoms with Crippen LogP contribution in [0.3, 0.4) is 0 Å². The van der Waals surface area contributed by atoms with Crippen LogP contribution in [0.4, 0.5) is 0 Å². The Bertz CT molecular complexity index is 718. The molecule has 0 fully saturated rings. The second-order valence-corrected chi connectivity index (χ2v) is 6.25. The van der Waals surface area contributed by atoms with Gasteiger partial charge >= 0.3 is 0 Å². The molecule has 0 saturated heterocycles. The fourth-order valence-electron chi connectivity index (χ4n) is 1.67. The summed E-state index contributed by atoms with van der Waals surface area (Å²) in [6.07, 6.45) is 0.761. The van der Waals surface area contributed by atoms with Crippen LogP contribution in [-0.2, 0) is 6.61 Å². The second-order valence-electron chi connectivity index (χ2n) is 4.14. The van der Waals surface area contributed by atoms with Crippen LogP contribution in [0.5, 0.6) is 5.75 Å². The van der Waals surface area contributed by atoms with Gasteiger partial charge in [-0.2, -0.15) is 5.26 Å². The molecule has 0 bridgehead atoms. The molecule has 0 saturated carbocycles. The van der Waals surface area contributed by atoms with Gasteiger partial charge in [0.15, 0.2) is 0 Å². The fraction of sp³-hybridized carbons (Fsp3) is 0.0667. The minimum absolute atomic E-state index is 0.252. The van der Waals surface area contributed by atoms with E-state index in [0.29, 0.717) is 30.8 Å². The molecule has 3 nitrogen and oxygen atoms in total. The highest BCUT2D eigenvalue weighted by molar-refractivity contribution is 9.11. The van der Waals surface area contributed by atoms with Crippen LogP contribution in [0.15, 0.2) is 39.3 Å². The molecule has 0 atom stereocenters. The lowest BCUT2D eigenvalue weighted by Crippen LogP contribution is -1.99. The number of nitriles is 1. The number of carbonyl (C=O) groups excluding carboxylic acids is 1. The number of rotatable bonds is 4. The predicted molar refractivity (Wildman–Crippen MR) is 87.7 cm³/mol. The summed E-state index contributed by atoms with van der Waals surface area (Å²) >= 11 is 12.8. The summed E-state index contributed by atoms with van der Waals surface area (Å²) in [5, 5.41) is 9.28. The second kappa shape index (κ2) is 7.08. The van der Waals surface area contributed by atoms with Gasteiger partial charge in [0, 0.05) is 16.1 Å². The van der Waals surface area contributed by atoms with E-state index < -0.39 is 0 Å². The zero-order valence-corrected chi connectivity index (χ0v) is 14.5. The van der Waals surface area contributed by atoms with E-state index in [1.54, 1.807) is 30.3 Å². The van der Waals surface area contributed by atoms with Crippen LogP contribution in [-0.4, -0.2) is 6.29 Å². The van der Waals surface area contributed by atoms with Gasteiger partial charge in [-0.25, -0.2) is 0 Å². The van der Waals surface area contributed by atoms with Crippen LogP contribution in [0.2, 0.25) is 5.02 Å². The van der Waals surface area contributed by atoms with Gasteiger partial charge in [0.25, 0.3) is 0 Å². The monoisotopic (exact) mass is 427 g/mol. The average molecular weight is 429 g/mol. The van der Waals surface area contributed by atoms with Gasteiger partial charge in [0.2, 0.25) is 0 Å². The molecule has 0 amide bonds. The van der Waals surface area contributed by atoms with Crippen molar-refractivity contribution in [2.45, 2.75) is 6.61 Å². The number of nitrogens with zero attached hydrogens (tertiary/aromatic N) is 1. The van der Waals surface area contributed by atoms with Crippen molar-refractivity contribution in [3.8, 4) is 11.8 Å². The average Bonchev–Trinajstić information content (AvgIpc) is 2.47. The molecule has 0 unspecified atom stereocenters. The van der Waals surface area contributed by atoms with Gasteiger partial charge in [-0.1, -0.05) is 17.7 Å². The molecule has 0 aromatic heterocycles. The summed E-state index contributed by atoms with van der Waals surface area (Å²) in [5.41, 5.74) is 1.81. The number of halogens is 3. The van der Waals surface area contributed by atoms with Crippen molar-refractivity contribution in [1.29, 1.82) is 5.26 Å². The van der Waals surface area contributed by atoms with Gasteiger partial charge < -0.3 is 4.74 Å². The molecule has 0 radical (unpaired) electrons. The van der Waals surface area contributed by atoms with Gasteiger partial charge in [-0.05, 0) is 56.1 Å². The van der Waals surface area contributed by atoms with Crippen LogP contribution in [0, 0.1) is 11.3 Å². The normalized spacial score (nSPS) is 10.0. The smallest absolute Gasteiger partial charge is 0.150 e. The van der Waals surface area contributed by atoms with E-state index in [2.05, 4.69) is 31.9 Å². The molecule has 0 aliphatic heterocycles. The lowest BCUT2D eigenvalue weighted by Gasteiger charge is -2.12. The Hall–Kier alpha value is -1.35. The standard InChI is InChI=1S/C15H8Br2ClNO2/c16-12-3-10(7-20)4-13(17)15(12)21-8-11-2-1-9(6-19)5-14(11)18/h1-5,7H,8H2. The minimum atomic E-state index is 0.252. The first-order chi connectivity index (χ1) is 10.0. The minimum Gasteiger partial charge on any atom is -0.486 e. The van der Waals surface area contributed by atoms with Gasteiger partial charge in [-0.3, -0.25) is 4.79 Å². The SMILES string of the molecule is N#Cc1ccc(COc2c(Br)cc(C=O)cc2Br)c(Cl)c1. The first kappa shape index (κ1) is 16.0. The number of hydrogen-bond donors (Lipinski definition) is 0. The quantitative estimate of drug-likeness (QED) is 0.634. The number of aldehydes is 1. The van der Waals surface area contributed by atoms with Crippen LogP contribution >= 0.6 is 43.5 Å². The van der Waals surface area contributed by atoms with Crippen LogP contribution in [0.25, 0.3) is 0 Å². The Labute approximate surface area is 143 Å². The van der Waals surface area contributed by atoms with Crippen molar-refractivity contribution < 1.29 is 9.53 Å². The first-order valence-corrected chi connectivity index (χ1v) is 7.77. The number of ether oxygens (including phenoxy) is 1. The summed E-state index contributed by atoms with van der Waals surface area (Å²) in [6.45, 7) is 0.252. The van der Waals surface area contributed by atoms with Gasteiger partial charge in [-0.15, -0.1) is 0 Å². The van der Waals surface area contributed by atoms with E-state index in [1.165, 1.54) is 0 Å².